The molecule has 106 valence electrons. The predicted octanol–water partition coefficient (Wildman–Crippen LogP) is 2.63. The van der Waals surface area contributed by atoms with Gasteiger partial charge in [0.2, 0.25) is 0 Å². The van der Waals surface area contributed by atoms with Crippen LogP contribution in [-0.4, -0.2) is 24.9 Å². The van der Waals surface area contributed by atoms with Gasteiger partial charge in [-0.15, -0.1) is 0 Å². The van der Waals surface area contributed by atoms with Gasteiger partial charge < -0.3 is 20.9 Å². The summed E-state index contributed by atoms with van der Waals surface area (Å²) in [6.45, 7) is 3.89. The van der Waals surface area contributed by atoms with Crippen molar-refractivity contribution in [1.29, 1.82) is 0 Å². The van der Waals surface area contributed by atoms with E-state index in [-0.39, 0.29) is 12.0 Å². The first-order valence-electron chi connectivity index (χ1n) is 7.07. The zero-order valence-corrected chi connectivity index (χ0v) is 11.6. The minimum absolute atomic E-state index is 0.261. The van der Waals surface area contributed by atoms with Crippen LogP contribution in [0, 0.1) is 5.41 Å². The standard InChI is InChI=1S/C15H24N2O2/c1-2-10-19-13-5-3-4-12(14(13)16)17-11-15(6-7-15)8-9-18/h3-5,17-18H,2,6-11,16H2,1H3. The van der Waals surface area contributed by atoms with Gasteiger partial charge in [-0.3, -0.25) is 0 Å². The lowest BCUT2D eigenvalue weighted by molar-refractivity contribution is 0.253. The maximum atomic E-state index is 9.06. The maximum absolute atomic E-state index is 9.06. The average molecular weight is 264 g/mol. The van der Waals surface area contributed by atoms with Crippen molar-refractivity contribution in [3.63, 3.8) is 0 Å². The lowest BCUT2D eigenvalue weighted by Crippen LogP contribution is -2.17. The highest BCUT2D eigenvalue weighted by Crippen LogP contribution is 2.48. The molecule has 1 fully saturated rings. The number of hydrogen-bond donors (Lipinski definition) is 3. The SMILES string of the molecule is CCCOc1cccc(NCC2(CCO)CC2)c1N. The highest BCUT2D eigenvalue weighted by Gasteiger charge is 2.41. The Labute approximate surface area is 115 Å². The van der Waals surface area contributed by atoms with Gasteiger partial charge in [0, 0.05) is 13.2 Å². The van der Waals surface area contributed by atoms with Crippen molar-refractivity contribution in [3.05, 3.63) is 18.2 Å². The highest BCUT2D eigenvalue weighted by atomic mass is 16.5. The van der Waals surface area contributed by atoms with Crippen molar-refractivity contribution < 1.29 is 9.84 Å². The fourth-order valence-electron chi connectivity index (χ4n) is 2.25. The lowest BCUT2D eigenvalue weighted by Gasteiger charge is -2.18. The Bertz CT molecular complexity index is 417. The molecule has 1 aromatic rings. The van der Waals surface area contributed by atoms with Gasteiger partial charge in [0.1, 0.15) is 5.75 Å². The monoisotopic (exact) mass is 264 g/mol. The highest BCUT2D eigenvalue weighted by molar-refractivity contribution is 5.73. The van der Waals surface area contributed by atoms with Crippen LogP contribution in [0.4, 0.5) is 11.4 Å². The van der Waals surface area contributed by atoms with Crippen LogP contribution in [0.3, 0.4) is 0 Å². The molecule has 2 rings (SSSR count). The number of aliphatic hydroxyl groups is 1. The first-order valence-corrected chi connectivity index (χ1v) is 7.07. The molecule has 1 aliphatic carbocycles. The van der Waals surface area contributed by atoms with Crippen LogP contribution in [0.5, 0.6) is 5.75 Å². The fraction of sp³-hybridized carbons (Fsp3) is 0.600. The van der Waals surface area contributed by atoms with Crippen LogP contribution >= 0.6 is 0 Å². The zero-order chi connectivity index (χ0) is 13.7. The molecule has 0 aliphatic heterocycles. The van der Waals surface area contributed by atoms with E-state index < -0.39 is 0 Å². The molecule has 4 nitrogen and oxygen atoms in total. The number of hydrogen-bond acceptors (Lipinski definition) is 4. The summed E-state index contributed by atoms with van der Waals surface area (Å²) >= 11 is 0. The van der Waals surface area contributed by atoms with E-state index in [4.69, 9.17) is 15.6 Å². The molecule has 4 heteroatoms. The molecule has 0 atom stereocenters. The van der Waals surface area contributed by atoms with Crippen LogP contribution in [0.1, 0.15) is 32.6 Å². The number of nitrogens with two attached hydrogens (primary N) is 1. The number of benzene rings is 1. The van der Waals surface area contributed by atoms with E-state index >= 15 is 0 Å². The average Bonchev–Trinajstić information content (AvgIpc) is 3.17. The molecule has 0 aromatic heterocycles. The number of nitrogen functional groups attached to an aromatic ring is 1. The van der Waals surface area contributed by atoms with E-state index in [1.807, 2.05) is 18.2 Å². The van der Waals surface area contributed by atoms with Gasteiger partial charge in [-0.25, -0.2) is 0 Å². The largest absolute Gasteiger partial charge is 0.491 e. The van der Waals surface area contributed by atoms with Crippen molar-refractivity contribution >= 4 is 11.4 Å². The molecule has 1 saturated carbocycles. The van der Waals surface area contributed by atoms with Gasteiger partial charge in [0.25, 0.3) is 0 Å². The van der Waals surface area contributed by atoms with Crippen LogP contribution in [0.15, 0.2) is 18.2 Å². The molecule has 0 saturated heterocycles. The molecule has 1 aliphatic rings. The van der Waals surface area contributed by atoms with Crippen molar-refractivity contribution in [1.82, 2.24) is 0 Å². The van der Waals surface area contributed by atoms with Crippen molar-refractivity contribution in [2.75, 3.05) is 30.8 Å². The van der Waals surface area contributed by atoms with Crippen LogP contribution in [0.2, 0.25) is 0 Å². The molecule has 0 amide bonds. The van der Waals surface area contributed by atoms with Gasteiger partial charge >= 0.3 is 0 Å². The molecule has 1 aromatic carbocycles. The third-order valence-electron chi connectivity index (χ3n) is 3.78. The second kappa shape index (κ2) is 6.15. The number of nitrogens with one attached hydrogen (secondary N) is 1. The molecule has 0 heterocycles. The van der Waals surface area contributed by atoms with Crippen LogP contribution in [0.25, 0.3) is 0 Å². The smallest absolute Gasteiger partial charge is 0.144 e. The summed E-state index contributed by atoms with van der Waals surface area (Å²) < 4.78 is 5.62. The predicted molar refractivity (Wildman–Crippen MR) is 78.5 cm³/mol. The second-order valence-electron chi connectivity index (χ2n) is 5.39. The normalized spacial score (nSPS) is 16.1. The minimum Gasteiger partial charge on any atom is -0.491 e. The Morgan fingerprint density at radius 1 is 1.42 bits per heavy atom. The molecule has 4 N–H and O–H groups in total. The van der Waals surface area contributed by atoms with E-state index in [2.05, 4.69) is 12.2 Å². The first kappa shape index (κ1) is 14.0. The van der Waals surface area contributed by atoms with Gasteiger partial charge in [-0.1, -0.05) is 13.0 Å². The number of anilines is 2. The van der Waals surface area contributed by atoms with E-state index in [9.17, 15) is 0 Å². The van der Waals surface area contributed by atoms with E-state index in [1.54, 1.807) is 0 Å². The van der Waals surface area contributed by atoms with Gasteiger partial charge in [0.05, 0.1) is 18.0 Å². The summed E-state index contributed by atoms with van der Waals surface area (Å²) in [6.07, 6.45) is 4.21. The number of ether oxygens (including phenoxy) is 1. The second-order valence-corrected chi connectivity index (χ2v) is 5.39. The quantitative estimate of drug-likeness (QED) is 0.631. The Hall–Kier alpha value is -1.42. The molecule has 0 radical (unpaired) electrons. The third-order valence-corrected chi connectivity index (χ3v) is 3.78. The Morgan fingerprint density at radius 3 is 2.84 bits per heavy atom. The maximum Gasteiger partial charge on any atom is 0.144 e. The van der Waals surface area contributed by atoms with Crippen LogP contribution in [-0.2, 0) is 0 Å². The Morgan fingerprint density at radius 2 is 2.21 bits per heavy atom. The molecule has 19 heavy (non-hydrogen) atoms. The lowest BCUT2D eigenvalue weighted by atomic mass is 10.0. The Kier molecular flexibility index (Phi) is 4.53. The fourth-order valence-corrected chi connectivity index (χ4v) is 2.25. The topological polar surface area (TPSA) is 67.5 Å². The van der Waals surface area contributed by atoms with Gasteiger partial charge in [0.15, 0.2) is 0 Å². The van der Waals surface area contributed by atoms with Crippen molar-refractivity contribution in [3.8, 4) is 5.75 Å². The Balaban J connectivity index is 1.96. The van der Waals surface area contributed by atoms with Gasteiger partial charge in [-0.05, 0) is 43.2 Å². The van der Waals surface area contributed by atoms with Gasteiger partial charge in [-0.2, -0.15) is 0 Å². The number of aliphatic hydroxyl groups excluding tert-OH is 1. The van der Waals surface area contributed by atoms with Crippen molar-refractivity contribution in [2.45, 2.75) is 32.6 Å². The first-order chi connectivity index (χ1) is 9.21. The summed E-state index contributed by atoms with van der Waals surface area (Å²) in [6, 6.07) is 5.83. The third kappa shape index (κ3) is 3.53. The summed E-state index contributed by atoms with van der Waals surface area (Å²) in [5, 5.41) is 12.5. The summed E-state index contributed by atoms with van der Waals surface area (Å²) in [7, 11) is 0. The van der Waals surface area contributed by atoms with Crippen LogP contribution < -0.4 is 15.8 Å². The van der Waals surface area contributed by atoms with Crippen molar-refractivity contribution in [2.24, 2.45) is 5.41 Å². The van der Waals surface area contributed by atoms with E-state index in [0.29, 0.717) is 12.3 Å². The summed E-state index contributed by atoms with van der Waals surface area (Å²) in [5.74, 6) is 0.749. The molecule has 0 bridgehead atoms. The number of para-hydroxylation sites is 1. The summed E-state index contributed by atoms with van der Waals surface area (Å²) in [4.78, 5) is 0. The number of rotatable bonds is 8. The molecule has 0 unspecified atom stereocenters. The summed E-state index contributed by atoms with van der Waals surface area (Å²) in [5.41, 5.74) is 8.00. The van der Waals surface area contributed by atoms with E-state index in [0.717, 1.165) is 30.8 Å². The molecular formula is C15H24N2O2. The molecule has 0 spiro atoms. The van der Waals surface area contributed by atoms with E-state index in [1.165, 1.54) is 12.8 Å². The molecular weight excluding hydrogens is 240 g/mol. The zero-order valence-electron chi connectivity index (χ0n) is 11.6. The minimum atomic E-state index is 0.261.